The van der Waals surface area contributed by atoms with Crippen molar-refractivity contribution in [3.8, 4) is 28.4 Å². The molecule has 144 valence electrons. The molecule has 5 nitrogen and oxygen atoms in total. The van der Waals surface area contributed by atoms with Gasteiger partial charge in [-0.25, -0.2) is 0 Å². The van der Waals surface area contributed by atoms with Crippen molar-refractivity contribution in [2.45, 2.75) is 37.9 Å². The van der Waals surface area contributed by atoms with Crippen LogP contribution in [0.5, 0.6) is 17.2 Å². The van der Waals surface area contributed by atoms with Gasteiger partial charge in [0.25, 0.3) is 0 Å². The van der Waals surface area contributed by atoms with Crippen molar-refractivity contribution in [2.75, 3.05) is 14.2 Å². The number of phenols is 1. The van der Waals surface area contributed by atoms with Gasteiger partial charge in [-0.15, -0.1) is 0 Å². The summed E-state index contributed by atoms with van der Waals surface area (Å²) in [6.45, 7) is 5.79. The van der Waals surface area contributed by atoms with Gasteiger partial charge in [-0.05, 0) is 66.3 Å². The lowest BCUT2D eigenvalue weighted by atomic mass is 9.80. The first-order valence-corrected chi connectivity index (χ1v) is 8.94. The maximum Gasteiger partial charge on any atom is 0.168 e. The van der Waals surface area contributed by atoms with E-state index in [2.05, 4.69) is 6.58 Å². The minimum absolute atomic E-state index is 0.160. The molecule has 3 N–H and O–H groups in total. The van der Waals surface area contributed by atoms with Crippen LogP contribution in [-0.2, 0) is 6.42 Å². The molecule has 27 heavy (non-hydrogen) atoms. The number of phenolic OH excluding ortho intramolecular Hbond substituents is 1. The molecule has 0 aromatic heterocycles. The quantitative estimate of drug-likeness (QED) is 0.754. The highest BCUT2D eigenvalue weighted by molar-refractivity contribution is 5.87. The Bertz CT molecular complexity index is 869. The highest BCUT2D eigenvalue weighted by atomic mass is 16.5. The molecule has 0 unspecified atom stereocenters. The highest BCUT2D eigenvalue weighted by Gasteiger charge is 2.34. The van der Waals surface area contributed by atoms with E-state index in [4.69, 9.17) is 9.47 Å². The fourth-order valence-corrected chi connectivity index (χ4v) is 3.79. The molecule has 1 aliphatic carbocycles. The van der Waals surface area contributed by atoms with Gasteiger partial charge in [-0.1, -0.05) is 12.6 Å². The molecule has 0 heterocycles. The van der Waals surface area contributed by atoms with Crippen LogP contribution in [0.25, 0.3) is 16.7 Å². The molecule has 0 aliphatic heterocycles. The zero-order chi connectivity index (χ0) is 19.8. The summed E-state index contributed by atoms with van der Waals surface area (Å²) in [5.74, 6) is 1.26. The number of aryl methyl sites for hydroxylation is 1. The molecule has 0 saturated carbocycles. The van der Waals surface area contributed by atoms with Gasteiger partial charge in [-0.2, -0.15) is 0 Å². The Labute approximate surface area is 159 Å². The van der Waals surface area contributed by atoms with E-state index < -0.39 is 11.7 Å². The number of hydrogen-bond acceptors (Lipinski definition) is 5. The summed E-state index contributed by atoms with van der Waals surface area (Å²) in [6.07, 6.45) is 0.154. The van der Waals surface area contributed by atoms with E-state index in [1.165, 1.54) is 0 Å². The zero-order valence-corrected chi connectivity index (χ0v) is 16.0. The predicted octanol–water partition coefficient (Wildman–Crippen LogP) is 3.54. The van der Waals surface area contributed by atoms with Crippen LogP contribution in [0.15, 0.2) is 36.9 Å². The summed E-state index contributed by atoms with van der Waals surface area (Å²) in [5.41, 5.74) is 2.74. The monoisotopic (exact) mass is 370 g/mol. The van der Waals surface area contributed by atoms with Crippen LogP contribution in [0, 0.1) is 0 Å². The van der Waals surface area contributed by atoms with Gasteiger partial charge in [-0.3, -0.25) is 0 Å². The van der Waals surface area contributed by atoms with E-state index in [9.17, 15) is 15.3 Å². The molecule has 2 atom stereocenters. The lowest BCUT2D eigenvalue weighted by Gasteiger charge is -2.32. The minimum atomic E-state index is -1.34. The Morgan fingerprint density at radius 2 is 1.81 bits per heavy atom. The lowest BCUT2D eigenvalue weighted by Crippen LogP contribution is -2.40. The standard InChI is InChI=1S/C22H26O5/c1-13-12-22(2,25)19(24)10-5-14-11-15(23)6-7-16(14)17-8-9-18(26-3)21(27-4)20(13)17/h6-9,11,19,23-25H,1,5,10,12H2,2-4H3/t19-,22-/m0/s1. The maximum absolute atomic E-state index is 10.8. The second-order valence-corrected chi connectivity index (χ2v) is 7.26. The van der Waals surface area contributed by atoms with E-state index in [0.29, 0.717) is 29.9 Å². The zero-order valence-electron chi connectivity index (χ0n) is 16.0. The topological polar surface area (TPSA) is 79.2 Å². The number of hydrogen-bond donors (Lipinski definition) is 3. The van der Waals surface area contributed by atoms with E-state index in [0.717, 1.165) is 22.3 Å². The van der Waals surface area contributed by atoms with Crippen molar-refractivity contribution >= 4 is 5.57 Å². The van der Waals surface area contributed by atoms with Gasteiger partial charge in [0.15, 0.2) is 11.5 Å². The Morgan fingerprint density at radius 3 is 2.48 bits per heavy atom. The van der Waals surface area contributed by atoms with Crippen LogP contribution >= 0.6 is 0 Å². The third-order valence-corrected chi connectivity index (χ3v) is 5.25. The predicted molar refractivity (Wildman–Crippen MR) is 105 cm³/mol. The molecule has 0 radical (unpaired) electrons. The third-order valence-electron chi connectivity index (χ3n) is 5.25. The largest absolute Gasteiger partial charge is 0.508 e. The van der Waals surface area contributed by atoms with Crippen LogP contribution in [-0.4, -0.2) is 41.2 Å². The fourth-order valence-electron chi connectivity index (χ4n) is 3.79. The fraction of sp³-hybridized carbons (Fsp3) is 0.364. The summed E-state index contributed by atoms with van der Waals surface area (Å²) in [5, 5.41) is 31.3. The van der Waals surface area contributed by atoms with Gasteiger partial charge in [0.1, 0.15) is 5.75 Å². The summed E-state index contributed by atoms with van der Waals surface area (Å²) < 4.78 is 11.1. The average Bonchev–Trinajstić information content (AvgIpc) is 2.63. The number of rotatable bonds is 2. The minimum Gasteiger partial charge on any atom is -0.508 e. The Morgan fingerprint density at radius 1 is 1.11 bits per heavy atom. The smallest absolute Gasteiger partial charge is 0.168 e. The second-order valence-electron chi connectivity index (χ2n) is 7.26. The number of methoxy groups -OCH3 is 2. The van der Waals surface area contributed by atoms with Crippen LogP contribution in [0.4, 0.5) is 0 Å². The number of ether oxygens (including phenoxy) is 2. The summed E-state index contributed by atoms with van der Waals surface area (Å²) in [6, 6.07) is 8.96. The molecule has 3 rings (SSSR count). The van der Waals surface area contributed by atoms with Crippen molar-refractivity contribution < 1.29 is 24.8 Å². The van der Waals surface area contributed by atoms with Gasteiger partial charge in [0, 0.05) is 12.0 Å². The van der Waals surface area contributed by atoms with Crippen LogP contribution < -0.4 is 9.47 Å². The number of aromatic hydroxyl groups is 1. The first-order valence-electron chi connectivity index (χ1n) is 8.94. The van der Waals surface area contributed by atoms with E-state index >= 15 is 0 Å². The summed E-state index contributed by atoms with van der Waals surface area (Å²) in [4.78, 5) is 0. The van der Waals surface area contributed by atoms with Crippen LogP contribution in [0.2, 0.25) is 0 Å². The molecule has 0 saturated heterocycles. The molecule has 2 aromatic rings. The first kappa shape index (κ1) is 19.3. The molecular formula is C22H26O5. The number of benzene rings is 2. The summed E-state index contributed by atoms with van der Waals surface area (Å²) in [7, 11) is 3.13. The van der Waals surface area contributed by atoms with Crippen molar-refractivity contribution in [1.29, 1.82) is 0 Å². The van der Waals surface area contributed by atoms with Crippen molar-refractivity contribution in [1.82, 2.24) is 0 Å². The average molecular weight is 370 g/mol. The molecule has 0 bridgehead atoms. The molecule has 0 amide bonds. The highest BCUT2D eigenvalue weighted by Crippen LogP contribution is 2.46. The first-order chi connectivity index (χ1) is 12.8. The van der Waals surface area contributed by atoms with Crippen molar-refractivity contribution in [2.24, 2.45) is 0 Å². The molecule has 1 aliphatic rings. The SMILES string of the molecule is C=C1C[C@](C)(O)[C@@H](O)CCc2cc(O)ccc2-c2ccc(OC)c(OC)c21. The van der Waals surface area contributed by atoms with Gasteiger partial charge >= 0.3 is 0 Å². The van der Waals surface area contributed by atoms with Crippen LogP contribution in [0.1, 0.15) is 30.9 Å². The van der Waals surface area contributed by atoms with Gasteiger partial charge in [0.05, 0.1) is 25.9 Å². The Balaban J connectivity index is 2.33. The lowest BCUT2D eigenvalue weighted by molar-refractivity contribution is -0.0607. The number of aliphatic hydroxyl groups excluding tert-OH is 1. The van der Waals surface area contributed by atoms with Crippen molar-refractivity contribution in [3.05, 3.63) is 48.0 Å². The molecular weight excluding hydrogens is 344 g/mol. The Kier molecular flexibility index (Phi) is 5.18. The molecule has 0 spiro atoms. The van der Waals surface area contributed by atoms with E-state index in [-0.39, 0.29) is 12.2 Å². The van der Waals surface area contributed by atoms with Gasteiger partial charge < -0.3 is 24.8 Å². The normalized spacial score (nSPS) is 22.6. The van der Waals surface area contributed by atoms with Crippen molar-refractivity contribution in [3.63, 3.8) is 0 Å². The third kappa shape index (κ3) is 3.53. The van der Waals surface area contributed by atoms with Crippen LogP contribution in [0.3, 0.4) is 0 Å². The van der Waals surface area contributed by atoms with E-state index in [1.807, 2.05) is 18.2 Å². The molecule has 2 aromatic carbocycles. The second kappa shape index (κ2) is 7.25. The van der Waals surface area contributed by atoms with Gasteiger partial charge in [0.2, 0.25) is 0 Å². The maximum atomic E-state index is 10.8. The van der Waals surface area contributed by atoms with E-state index in [1.54, 1.807) is 33.3 Å². The Hall–Kier alpha value is -2.50. The number of fused-ring (bicyclic) bond motifs is 3. The molecule has 5 heteroatoms. The molecule has 0 fully saturated rings. The summed E-state index contributed by atoms with van der Waals surface area (Å²) >= 11 is 0. The number of aliphatic hydroxyl groups is 2.